The molecule has 1 aromatic rings. The van der Waals surface area contributed by atoms with Gasteiger partial charge in [0, 0.05) is 0 Å². The molecule has 0 radical (unpaired) electrons. The summed E-state index contributed by atoms with van der Waals surface area (Å²) in [6.07, 6.45) is 2.19. The van der Waals surface area contributed by atoms with Gasteiger partial charge in [0.1, 0.15) is 6.04 Å². The summed E-state index contributed by atoms with van der Waals surface area (Å²) in [6, 6.07) is 3.01. The van der Waals surface area contributed by atoms with E-state index in [1.165, 1.54) is 11.8 Å². The maximum Gasteiger partial charge on any atom is 0.329 e. The molecule has 3 amide bonds. The molecule has 1 atom stereocenters. The van der Waals surface area contributed by atoms with Gasteiger partial charge >= 0.3 is 12.0 Å². The highest BCUT2D eigenvalue weighted by Crippen LogP contribution is 2.29. The summed E-state index contributed by atoms with van der Waals surface area (Å²) in [6.45, 7) is -0.530. The predicted molar refractivity (Wildman–Crippen MR) is 95.6 cm³/mol. The van der Waals surface area contributed by atoms with Crippen LogP contribution in [0.25, 0.3) is 0 Å². The summed E-state index contributed by atoms with van der Waals surface area (Å²) >= 11 is 13.3. The van der Waals surface area contributed by atoms with Gasteiger partial charge in [-0.15, -0.1) is 0 Å². The zero-order chi connectivity index (χ0) is 18.1. The third-order valence-electron chi connectivity index (χ3n) is 2.78. The van der Waals surface area contributed by atoms with Gasteiger partial charge in [-0.3, -0.25) is 4.79 Å². The Balaban J connectivity index is 2.56. The van der Waals surface area contributed by atoms with Crippen LogP contribution >= 0.6 is 35.0 Å². The average molecular weight is 394 g/mol. The minimum atomic E-state index is -0.905. The van der Waals surface area contributed by atoms with Crippen LogP contribution < -0.4 is 16.4 Å². The molecule has 0 fully saturated rings. The number of esters is 1. The first kappa shape index (κ1) is 20.4. The van der Waals surface area contributed by atoms with Crippen molar-refractivity contribution < 1.29 is 19.1 Å². The number of urea groups is 1. The highest BCUT2D eigenvalue weighted by Gasteiger charge is 2.22. The molecule has 0 bridgehead atoms. The molecule has 1 rings (SSSR count). The molecule has 0 saturated carbocycles. The minimum Gasteiger partial charge on any atom is -0.454 e. The number of hydrogen-bond donors (Lipinski definition) is 3. The topological polar surface area (TPSA) is 111 Å². The first-order valence-electron chi connectivity index (χ1n) is 6.80. The molecule has 24 heavy (non-hydrogen) atoms. The Kier molecular flexibility index (Phi) is 8.73. The number of rotatable bonds is 8. The summed E-state index contributed by atoms with van der Waals surface area (Å²) in [5, 5.41) is 5.24. The lowest BCUT2D eigenvalue weighted by Crippen LogP contribution is -2.45. The largest absolute Gasteiger partial charge is 0.454 e. The van der Waals surface area contributed by atoms with E-state index in [4.69, 9.17) is 33.7 Å². The van der Waals surface area contributed by atoms with E-state index in [0.717, 1.165) is 0 Å². The molecular formula is C14H17Cl2N3O4S. The van der Waals surface area contributed by atoms with Gasteiger partial charge in [0.05, 0.1) is 15.7 Å². The Morgan fingerprint density at radius 3 is 2.67 bits per heavy atom. The molecule has 0 aromatic heterocycles. The van der Waals surface area contributed by atoms with Crippen molar-refractivity contribution >= 4 is 58.6 Å². The van der Waals surface area contributed by atoms with Gasteiger partial charge < -0.3 is 21.1 Å². The second kappa shape index (κ2) is 10.3. The number of halogens is 2. The van der Waals surface area contributed by atoms with Crippen LogP contribution in [-0.2, 0) is 14.3 Å². The van der Waals surface area contributed by atoms with Gasteiger partial charge in [0.15, 0.2) is 6.61 Å². The van der Waals surface area contributed by atoms with Crippen molar-refractivity contribution in [3.8, 4) is 0 Å². The summed E-state index contributed by atoms with van der Waals surface area (Å²) in [7, 11) is 0. The van der Waals surface area contributed by atoms with Crippen molar-refractivity contribution in [1.82, 2.24) is 5.32 Å². The van der Waals surface area contributed by atoms with Crippen molar-refractivity contribution in [3.05, 3.63) is 28.2 Å². The van der Waals surface area contributed by atoms with Crippen LogP contribution in [-0.4, -0.2) is 42.6 Å². The quantitative estimate of drug-likeness (QED) is 0.586. The number of hydrogen-bond acceptors (Lipinski definition) is 5. The fraction of sp³-hybridized carbons (Fsp3) is 0.357. The van der Waals surface area contributed by atoms with Crippen LogP contribution in [0.1, 0.15) is 6.42 Å². The normalized spacial score (nSPS) is 11.5. The molecule has 0 heterocycles. The van der Waals surface area contributed by atoms with Gasteiger partial charge in [0.25, 0.3) is 5.91 Å². The first-order valence-corrected chi connectivity index (χ1v) is 8.95. The number of carbonyl (C=O) groups excluding carboxylic acids is 3. The third kappa shape index (κ3) is 6.86. The van der Waals surface area contributed by atoms with Crippen molar-refractivity contribution in [2.24, 2.45) is 5.73 Å². The van der Waals surface area contributed by atoms with E-state index < -0.39 is 30.6 Å². The SMILES string of the molecule is CSCC[C@@H](NC(N)=O)C(=O)OCC(=O)Nc1cccc(Cl)c1Cl. The van der Waals surface area contributed by atoms with Crippen LogP contribution in [0.5, 0.6) is 0 Å². The Hall–Kier alpha value is -1.64. The molecule has 0 aliphatic rings. The standard InChI is InChI=1S/C14H17Cl2N3O4S/c1-24-6-5-10(19-14(17)22)13(21)23-7-11(20)18-9-4-2-3-8(15)12(9)16/h2-4,10H,5-7H2,1H3,(H,18,20)(H3,17,19,22)/t10-/m1/s1. The van der Waals surface area contributed by atoms with Crippen molar-refractivity contribution in [3.63, 3.8) is 0 Å². The second-order valence-corrected chi connectivity index (χ2v) is 6.37. The second-order valence-electron chi connectivity index (χ2n) is 4.60. The summed E-state index contributed by atoms with van der Waals surface area (Å²) in [5.41, 5.74) is 5.33. The Labute approximate surface area is 153 Å². The van der Waals surface area contributed by atoms with Gasteiger partial charge in [-0.25, -0.2) is 9.59 Å². The average Bonchev–Trinajstić information content (AvgIpc) is 2.53. The summed E-state index contributed by atoms with van der Waals surface area (Å²) in [4.78, 5) is 34.7. The number of primary amides is 1. The fourth-order valence-electron chi connectivity index (χ4n) is 1.68. The van der Waals surface area contributed by atoms with Gasteiger partial charge in [-0.05, 0) is 30.6 Å². The van der Waals surface area contributed by atoms with E-state index in [1.54, 1.807) is 18.2 Å². The molecule has 0 unspecified atom stereocenters. The third-order valence-corrected chi connectivity index (χ3v) is 4.25. The van der Waals surface area contributed by atoms with Crippen molar-refractivity contribution in [2.45, 2.75) is 12.5 Å². The monoisotopic (exact) mass is 393 g/mol. The molecule has 10 heteroatoms. The van der Waals surface area contributed by atoms with Gasteiger partial charge in [0.2, 0.25) is 0 Å². The molecule has 0 aliphatic carbocycles. The molecule has 4 N–H and O–H groups in total. The zero-order valence-corrected chi connectivity index (χ0v) is 15.1. The number of anilines is 1. The van der Waals surface area contributed by atoms with Gasteiger partial charge in [-0.1, -0.05) is 29.3 Å². The van der Waals surface area contributed by atoms with E-state index in [2.05, 4.69) is 10.6 Å². The molecule has 132 valence electrons. The Morgan fingerprint density at radius 1 is 1.33 bits per heavy atom. The van der Waals surface area contributed by atoms with Crippen LogP contribution in [0, 0.1) is 0 Å². The number of thioether (sulfide) groups is 1. The molecule has 0 saturated heterocycles. The van der Waals surface area contributed by atoms with Crippen LogP contribution in [0.4, 0.5) is 10.5 Å². The molecular weight excluding hydrogens is 377 g/mol. The lowest BCUT2D eigenvalue weighted by Gasteiger charge is -2.16. The van der Waals surface area contributed by atoms with Crippen LogP contribution in [0.3, 0.4) is 0 Å². The highest BCUT2D eigenvalue weighted by atomic mass is 35.5. The maximum absolute atomic E-state index is 11.9. The maximum atomic E-state index is 11.9. The smallest absolute Gasteiger partial charge is 0.329 e. The van der Waals surface area contributed by atoms with E-state index in [9.17, 15) is 14.4 Å². The number of carbonyl (C=O) groups is 3. The zero-order valence-electron chi connectivity index (χ0n) is 12.8. The van der Waals surface area contributed by atoms with Crippen LogP contribution in [0.15, 0.2) is 18.2 Å². The molecule has 7 nitrogen and oxygen atoms in total. The summed E-state index contributed by atoms with van der Waals surface area (Å²) < 4.78 is 4.90. The van der Waals surface area contributed by atoms with E-state index in [1.807, 2.05) is 6.26 Å². The number of benzene rings is 1. The Bertz CT molecular complexity index is 616. The lowest BCUT2D eigenvalue weighted by molar-refractivity contribution is -0.149. The highest BCUT2D eigenvalue weighted by molar-refractivity contribution is 7.98. The van der Waals surface area contributed by atoms with Crippen molar-refractivity contribution in [2.75, 3.05) is 23.9 Å². The Morgan fingerprint density at radius 2 is 2.04 bits per heavy atom. The van der Waals surface area contributed by atoms with Gasteiger partial charge in [-0.2, -0.15) is 11.8 Å². The number of ether oxygens (including phenoxy) is 1. The molecule has 0 aliphatic heterocycles. The molecule has 0 spiro atoms. The first-order chi connectivity index (χ1) is 11.3. The van der Waals surface area contributed by atoms with E-state index >= 15 is 0 Å². The molecule has 1 aromatic carbocycles. The van der Waals surface area contributed by atoms with E-state index in [0.29, 0.717) is 17.9 Å². The summed E-state index contributed by atoms with van der Waals surface area (Å²) in [5.74, 6) is -0.713. The fourth-order valence-corrected chi connectivity index (χ4v) is 2.50. The number of nitrogens with two attached hydrogens (primary N) is 1. The predicted octanol–water partition coefficient (Wildman–Crippen LogP) is 2.27. The minimum absolute atomic E-state index is 0.187. The van der Waals surface area contributed by atoms with E-state index in [-0.39, 0.29) is 10.0 Å². The number of amides is 3. The number of nitrogens with one attached hydrogen (secondary N) is 2. The van der Waals surface area contributed by atoms with Crippen LogP contribution in [0.2, 0.25) is 10.0 Å². The lowest BCUT2D eigenvalue weighted by atomic mass is 10.2. The van der Waals surface area contributed by atoms with Crippen molar-refractivity contribution in [1.29, 1.82) is 0 Å².